The molecule has 0 spiro atoms. The van der Waals surface area contributed by atoms with Crippen LogP contribution in [-0.4, -0.2) is 31.8 Å². The first-order chi connectivity index (χ1) is 8.95. The Morgan fingerprint density at radius 2 is 2.21 bits per heavy atom. The number of alkyl halides is 3. The number of methoxy groups -OCH3 is 1. The molecule has 108 valence electrons. The number of ether oxygens (including phenoxy) is 1. The van der Waals surface area contributed by atoms with E-state index < -0.39 is 11.2 Å². The highest BCUT2D eigenvalue weighted by Gasteiger charge is 2.34. The summed E-state index contributed by atoms with van der Waals surface area (Å²) in [5.41, 5.74) is 0.821. The molecule has 0 aromatic carbocycles. The molecule has 0 atom stereocenters. The predicted octanol–water partition coefficient (Wildman–Crippen LogP) is 3.19. The zero-order valence-corrected chi connectivity index (χ0v) is 11.7. The number of nitrogens with zero attached hydrogens (tertiary/aromatic N) is 1. The van der Waals surface area contributed by atoms with E-state index >= 15 is 0 Å². The quantitative estimate of drug-likeness (QED) is 0.784. The zero-order valence-electron chi connectivity index (χ0n) is 10.9. The second-order valence-corrected chi connectivity index (χ2v) is 4.98. The molecule has 1 rings (SSSR count). The van der Waals surface area contributed by atoms with E-state index in [0.29, 0.717) is 22.8 Å². The molecule has 7 heteroatoms. The van der Waals surface area contributed by atoms with Gasteiger partial charge < -0.3 is 10.1 Å². The second-order valence-electron chi connectivity index (χ2n) is 3.95. The van der Waals surface area contributed by atoms with Gasteiger partial charge in [0.25, 0.3) is 0 Å². The van der Waals surface area contributed by atoms with Crippen molar-refractivity contribution >= 4 is 16.9 Å². The van der Waals surface area contributed by atoms with Crippen LogP contribution in [0, 0.1) is 0 Å². The van der Waals surface area contributed by atoms with E-state index in [2.05, 4.69) is 10.3 Å². The highest BCUT2D eigenvalue weighted by Crippen LogP contribution is 2.34. The SMILES string of the molecule is COCCNCC/C=C(/C)c1cnc(C(F)(F)F)s1. The fraction of sp³-hybridized carbons (Fsp3) is 0.583. The van der Waals surface area contributed by atoms with Gasteiger partial charge in [0.05, 0.1) is 11.5 Å². The molecule has 1 N–H and O–H groups in total. The Balaban J connectivity index is 2.44. The Hall–Kier alpha value is -0.920. The average Bonchev–Trinajstić information content (AvgIpc) is 2.82. The molecular formula is C12H17F3N2OS. The Bertz CT molecular complexity index is 415. The fourth-order valence-electron chi connectivity index (χ4n) is 1.38. The lowest BCUT2D eigenvalue weighted by atomic mass is 10.2. The van der Waals surface area contributed by atoms with Crippen LogP contribution in [0.4, 0.5) is 13.2 Å². The number of rotatable bonds is 7. The maximum absolute atomic E-state index is 12.4. The topological polar surface area (TPSA) is 34.1 Å². The van der Waals surface area contributed by atoms with Crippen molar-refractivity contribution in [1.82, 2.24) is 10.3 Å². The number of nitrogens with one attached hydrogen (secondary N) is 1. The van der Waals surface area contributed by atoms with Crippen LogP contribution in [0.5, 0.6) is 0 Å². The molecule has 0 saturated heterocycles. The molecule has 0 saturated carbocycles. The lowest BCUT2D eigenvalue weighted by molar-refractivity contribution is -0.137. The minimum atomic E-state index is -4.36. The Morgan fingerprint density at radius 1 is 1.47 bits per heavy atom. The molecule has 0 amide bonds. The van der Waals surface area contributed by atoms with Crippen molar-refractivity contribution in [3.8, 4) is 0 Å². The number of halogens is 3. The fourth-order valence-corrected chi connectivity index (χ4v) is 2.16. The van der Waals surface area contributed by atoms with Crippen molar-refractivity contribution in [3.05, 3.63) is 22.2 Å². The van der Waals surface area contributed by atoms with Gasteiger partial charge in [0.15, 0.2) is 5.01 Å². The van der Waals surface area contributed by atoms with Crippen LogP contribution in [0.1, 0.15) is 23.2 Å². The van der Waals surface area contributed by atoms with Gasteiger partial charge in [-0.05, 0) is 25.5 Å². The van der Waals surface area contributed by atoms with Crippen LogP contribution in [0.25, 0.3) is 5.57 Å². The molecule has 0 radical (unpaired) electrons. The van der Waals surface area contributed by atoms with Crippen molar-refractivity contribution in [1.29, 1.82) is 0 Å². The predicted molar refractivity (Wildman–Crippen MR) is 70.1 cm³/mol. The molecule has 1 aromatic rings. The van der Waals surface area contributed by atoms with E-state index in [9.17, 15) is 13.2 Å². The number of thiazole rings is 1. The second kappa shape index (κ2) is 7.62. The smallest absolute Gasteiger partial charge is 0.383 e. The minimum Gasteiger partial charge on any atom is -0.383 e. The van der Waals surface area contributed by atoms with Gasteiger partial charge in [0.2, 0.25) is 0 Å². The summed E-state index contributed by atoms with van der Waals surface area (Å²) in [7, 11) is 1.63. The highest BCUT2D eigenvalue weighted by atomic mass is 32.1. The summed E-state index contributed by atoms with van der Waals surface area (Å²) in [6.07, 6.45) is -0.412. The van der Waals surface area contributed by atoms with E-state index in [1.165, 1.54) is 6.20 Å². The summed E-state index contributed by atoms with van der Waals surface area (Å²) >= 11 is 0.675. The van der Waals surface area contributed by atoms with Crippen LogP contribution in [0.3, 0.4) is 0 Å². The van der Waals surface area contributed by atoms with Crippen LogP contribution in [0.2, 0.25) is 0 Å². The summed E-state index contributed by atoms with van der Waals surface area (Å²) in [6, 6.07) is 0. The first kappa shape index (κ1) is 16.1. The molecule has 19 heavy (non-hydrogen) atoms. The van der Waals surface area contributed by atoms with Crippen LogP contribution in [0.15, 0.2) is 12.3 Å². The van der Waals surface area contributed by atoms with Crippen LogP contribution in [-0.2, 0) is 10.9 Å². The van der Waals surface area contributed by atoms with Gasteiger partial charge in [-0.1, -0.05) is 6.08 Å². The van der Waals surface area contributed by atoms with Gasteiger partial charge in [-0.3, -0.25) is 0 Å². The van der Waals surface area contributed by atoms with Gasteiger partial charge in [-0.15, -0.1) is 11.3 Å². The Morgan fingerprint density at radius 3 is 2.79 bits per heavy atom. The summed E-state index contributed by atoms with van der Waals surface area (Å²) in [5, 5.41) is 2.36. The van der Waals surface area contributed by atoms with E-state index in [4.69, 9.17) is 4.74 Å². The third-order valence-electron chi connectivity index (χ3n) is 2.39. The van der Waals surface area contributed by atoms with Crippen molar-refractivity contribution in [3.63, 3.8) is 0 Å². The normalized spacial score (nSPS) is 13.0. The zero-order chi connectivity index (χ0) is 14.3. The van der Waals surface area contributed by atoms with Crippen LogP contribution < -0.4 is 5.32 Å². The summed E-state index contributed by atoms with van der Waals surface area (Å²) in [4.78, 5) is 3.96. The summed E-state index contributed by atoms with van der Waals surface area (Å²) in [6.45, 7) is 3.98. The summed E-state index contributed by atoms with van der Waals surface area (Å²) < 4.78 is 42.1. The van der Waals surface area contributed by atoms with Crippen molar-refractivity contribution in [2.75, 3.05) is 26.8 Å². The van der Waals surface area contributed by atoms with E-state index in [1.54, 1.807) is 14.0 Å². The average molecular weight is 294 g/mol. The molecule has 0 aliphatic rings. The third kappa shape index (κ3) is 5.71. The number of aromatic nitrogens is 1. The standard InChI is InChI=1S/C12H17F3N2OS/c1-9(4-3-5-16-6-7-18-2)10-8-17-11(19-10)12(13,14)15/h4,8,16H,3,5-7H2,1-2H3/b9-4-. The molecule has 1 heterocycles. The van der Waals surface area contributed by atoms with Gasteiger partial charge in [-0.2, -0.15) is 13.2 Å². The maximum Gasteiger partial charge on any atom is 0.443 e. The number of hydrogen-bond acceptors (Lipinski definition) is 4. The largest absolute Gasteiger partial charge is 0.443 e. The Kier molecular flexibility index (Phi) is 6.47. The van der Waals surface area contributed by atoms with E-state index in [-0.39, 0.29) is 0 Å². The molecule has 0 bridgehead atoms. The third-order valence-corrected chi connectivity index (χ3v) is 3.57. The van der Waals surface area contributed by atoms with Gasteiger partial charge in [0.1, 0.15) is 0 Å². The van der Waals surface area contributed by atoms with E-state index in [0.717, 1.165) is 25.1 Å². The molecule has 0 aliphatic heterocycles. The first-order valence-electron chi connectivity index (χ1n) is 5.85. The monoisotopic (exact) mass is 294 g/mol. The van der Waals surface area contributed by atoms with Gasteiger partial charge in [0, 0.05) is 19.9 Å². The number of allylic oxidation sites excluding steroid dienone is 1. The van der Waals surface area contributed by atoms with Crippen molar-refractivity contribution in [2.45, 2.75) is 19.5 Å². The molecule has 1 aromatic heterocycles. The molecule has 0 unspecified atom stereocenters. The molecule has 3 nitrogen and oxygen atoms in total. The summed E-state index contributed by atoms with van der Waals surface area (Å²) in [5.74, 6) is 0. The number of hydrogen-bond donors (Lipinski definition) is 1. The minimum absolute atomic E-state index is 0.559. The van der Waals surface area contributed by atoms with Crippen LogP contribution >= 0.6 is 11.3 Å². The van der Waals surface area contributed by atoms with Crippen molar-refractivity contribution < 1.29 is 17.9 Å². The first-order valence-corrected chi connectivity index (χ1v) is 6.66. The van der Waals surface area contributed by atoms with Crippen molar-refractivity contribution in [2.24, 2.45) is 0 Å². The highest BCUT2D eigenvalue weighted by molar-refractivity contribution is 7.12. The van der Waals surface area contributed by atoms with E-state index in [1.807, 2.05) is 6.08 Å². The van der Waals surface area contributed by atoms with Gasteiger partial charge >= 0.3 is 6.18 Å². The van der Waals surface area contributed by atoms with Gasteiger partial charge in [-0.25, -0.2) is 4.98 Å². The lowest BCUT2D eigenvalue weighted by Crippen LogP contribution is -2.19. The maximum atomic E-state index is 12.4. The lowest BCUT2D eigenvalue weighted by Gasteiger charge is -2.02. The Labute approximate surface area is 114 Å². The molecular weight excluding hydrogens is 277 g/mol. The molecule has 0 fully saturated rings. The molecule has 0 aliphatic carbocycles.